The lowest BCUT2D eigenvalue weighted by molar-refractivity contribution is -0.122. The summed E-state index contributed by atoms with van der Waals surface area (Å²) >= 11 is 5.09. The smallest absolute Gasteiger partial charge is 0.237 e. The molecule has 2 rings (SSSR count). The Bertz CT molecular complexity index is 397. The monoisotopic (exact) mass is 318 g/mol. The van der Waals surface area contributed by atoms with Gasteiger partial charge < -0.3 is 15.7 Å². The Kier molecular flexibility index (Phi) is 4.55. The molecule has 0 bridgehead atoms. The third kappa shape index (κ3) is 3.77. The number of aliphatic hydroxyl groups excluding tert-OH is 1. The first-order valence-electron chi connectivity index (χ1n) is 5.58. The van der Waals surface area contributed by atoms with Gasteiger partial charge in [-0.2, -0.15) is 0 Å². The maximum Gasteiger partial charge on any atom is 0.237 e. The van der Waals surface area contributed by atoms with Gasteiger partial charge in [0.05, 0.1) is 15.9 Å². The fourth-order valence-electron chi connectivity index (χ4n) is 1.83. The molecule has 0 aromatic carbocycles. The number of β-amino-alcohol motifs (C(OH)–C–C–N with tert-alkyl or cyclic N) is 1. The van der Waals surface area contributed by atoms with Crippen molar-refractivity contribution in [3.05, 3.63) is 20.8 Å². The molecule has 0 saturated carbocycles. The molecule has 0 radical (unpaired) electrons. The SMILES string of the molecule is O=C(NCCc1ccc(Br)s1)[C@@H]1C[C@@H](O)CN1. The highest BCUT2D eigenvalue weighted by Crippen LogP contribution is 2.22. The van der Waals surface area contributed by atoms with Gasteiger partial charge in [-0.3, -0.25) is 4.79 Å². The Labute approximate surface area is 113 Å². The second kappa shape index (κ2) is 5.95. The molecule has 17 heavy (non-hydrogen) atoms. The zero-order chi connectivity index (χ0) is 12.3. The molecule has 1 saturated heterocycles. The molecule has 1 fully saturated rings. The van der Waals surface area contributed by atoms with Crippen LogP contribution in [-0.2, 0) is 11.2 Å². The van der Waals surface area contributed by atoms with Crippen molar-refractivity contribution in [1.82, 2.24) is 10.6 Å². The number of halogens is 1. The van der Waals surface area contributed by atoms with Crippen LogP contribution >= 0.6 is 27.3 Å². The summed E-state index contributed by atoms with van der Waals surface area (Å²) in [7, 11) is 0. The second-order valence-electron chi connectivity index (χ2n) is 4.10. The number of rotatable bonds is 4. The van der Waals surface area contributed by atoms with Gasteiger partial charge >= 0.3 is 0 Å². The molecule has 1 aromatic rings. The molecule has 2 heterocycles. The summed E-state index contributed by atoms with van der Waals surface area (Å²) in [6.45, 7) is 1.15. The lowest BCUT2D eigenvalue weighted by Gasteiger charge is -2.10. The fourth-order valence-corrected chi connectivity index (χ4v) is 3.32. The highest BCUT2D eigenvalue weighted by molar-refractivity contribution is 9.11. The van der Waals surface area contributed by atoms with Crippen molar-refractivity contribution in [2.24, 2.45) is 0 Å². The third-order valence-electron chi connectivity index (χ3n) is 2.72. The Morgan fingerprint density at radius 2 is 2.47 bits per heavy atom. The zero-order valence-corrected chi connectivity index (χ0v) is 11.7. The molecule has 3 N–H and O–H groups in total. The summed E-state index contributed by atoms with van der Waals surface area (Å²) in [4.78, 5) is 12.9. The third-order valence-corrected chi connectivity index (χ3v) is 4.41. The van der Waals surface area contributed by atoms with E-state index in [-0.39, 0.29) is 18.1 Å². The van der Waals surface area contributed by atoms with E-state index in [9.17, 15) is 9.90 Å². The molecular weight excluding hydrogens is 304 g/mol. The topological polar surface area (TPSA) is 61.4 Å². The van der Waals surface area contributed by atoms with Gasteiger partial charge in [0.25, 0.3) is 0 Å². The Morgan fingerprint density at radius 1 is 1.65 bits per heavy atom. The predicted molar refractivity (Wildman–Crippen MR) is 71.1 cm³/mol. The molecule has 1 aromatic heterocycles. The summed E-state index contributed by atoms with van der Waals surface area (Å²) < 4.78 is 1.11. The highest BCUT2D eigenvalue weighted by atomic mass is 79.9. The quantitative estimate of drug-likeness (QED) is 0.772. The number of amides is 1. The molecular formula is C11H15BrN2O2S. The maximum absolute atomic E-state index is 11.7. The minimum atomic E-state index is -0.390. The van der Waals surface area contributed by atoms with Crippen molar-refractivity contribution >= 4 is 33.2 Å². The van der Waals surface area contributed by atoms with E-state index in [4.69, 9.17) is 0 Å². The molecule has 0 aliphatic carbocycles. The van der Waals surface area contributed by atoms with Crippen molar-refractivity contribution in [2.45, 2.75) is 25.0 Å². The van der Waals surface area contributed by atoms with Crippen molar-refractivity contribution in [2.75, 3.05) is 13.1 Å². The van der Waals surface area contributed by atoms with E-state index in [1.54, 1.807) is 11.3 Å². The van der Waals surface area contributed by atoms with Crippen molar-refractivity contribution in [1.29, 1.82) is 0 Å². The molecule has 2 atom stereocenters. The van der Waals surface area contributed by atoms with Crippen LogP contribution in [-0.4, -0.2) is 36.2 Å². The molecule has 0 unspecified atom stereocenters. The van der Waals surface area contributed by atoms with Crippen LogP contribution in [0.15, 0.2) is 15.9 Å². The van der Waals surface area contributed by atoms with E-state index in [0.29, 0.717) is 19.5 Å². The highest BCUT2D eigenvalue weighted by Gasteiger charge is 2.27. The summed E-state index contributed by atoms with van der Waals surface area (Å²) in [5.74, 6) is -0.0165. The van der Waals surface area contributed by atoms with Gasteiger partial charge in [-0.15, -0.1) is 11.3 Å². The van der Waals surface area contributed by atoms with Crippen molar-refractivity contribution in [3.63, 3.8) is 0 Å². The second-order valence-corrected chi connectivity index (χ2v) is 6.64. The molecule has 6 heteroatoms. The molecule has 1 aliphatic heterocycles. The number of hydrogen-bond donors (Lipinski definition) is 3. The van der Waals surface area contributed by atoms with Gasteiger partial charge in [-0.1, -0.05) is 0 Å². The molecule has 1 aliphatic rings. The van der Waals surface area contributed by atoms with Crippen molar-refractivity contribution < 1.29 is 9.90 Å². The van der Waals surface area contributed by atoms with Gasteiger partial charge in [0.1, 0.15) is 0 Å². The van der Waals surface area contributed by atoms with E-state index < -0.39 is 0 Å². The Morgan fingerprint density at radius 3 is 3.06 bits per heavy atom. The standard InChI is InChI=1S/C11H15BrN2O2S/c12-10-2-1-8(17-10)3-4-13-11(16)9-5-7(15)6-14-9/h1-2,7,9,14-15H,3-6H2,(H,13,16)/t7-,9+/m1/s1. The number of hydrogen-bond acceptors (Lipinski definition) is 4. The number of thiophene rings is 1. The van der Waals surface area contributed by atoms with Crippen LogP contribution in [0.3, 0.4) is 0 Å². The first-order chi connectivity index (χ1) is 8.15. The minimum Gasteiger partial charge on any atom is -0.392 e. The van der Waals surface area contributed by atoms with E-state index in [1.165, 1.54) is 4.88 Å². The van der Waals surface area contributed by atoms with Crippen LogP contribution in [0.5, 0.6) is 0 Å². The van der Waals surface area contributed by atoms with Crippen LogP contribution in [0.2, 0.25) is 0 Å². The van der Waals surface area contributed by atoms with Crippen LogP contribution in [0, 0.1) is 0 Å². The van der Waals surface area contributed by atoms with Crippen LogP contribution in [0.1, 0.15) is 11.3 Å². The Balaban J connectivity index is 1.70. The first kappa shape index (κ1) is 13.0. The summed E-state index contributed by atoms with van der Waals surface area (Å²) in [6.07, 6.45) is 0.965. The molecule has 0 spiro atoms. The van der Waals surface area contributed by atoms with Gasteiger partial charge in [0.15, 0.2) is 0 Å². The summed E-state index contributed by atoms with van der Waals surface area (Å²) in [5, 5.41) is 15.2. The largest absolute Gasteiger partial charge is 0.392 e. The lowest BCUT2D eigenvalue weighted by atomic mass is 10.2. The summed E-state index contributed by atoms with van der Waals surface area (Å²) in [6, 6.07) is 3.83. The van der Waals surface area contributed by atoms with Crippen LogP contribution in [0.25, 0.3) is 0 Å². The van der Waals surface area contributed by atoms with E-state index in [0.717, 1.165) is 10.2 Å². The number of carbonyl (C=O) groups is 1. The number of aliphatic hydroxyl groups is 1. The van der Waals surface area contributed by atoms with Gasteiger partial charge in [-0.05, 0) is 40.9 Å². The Hall–Kier alpha value is -0.430. The van der Waals surface area contributed by atoms with Crippen LogP contribution in [0.4, 0.5) is 0 Å². The molecule has 4 nitrogen and oxygen atoms in total. The fraction of sp³-hybridized carbons (Fsp3) is 0.545. The molecule has 1 amide bonds. The van der Waals surface area contributed by atoms with E-state index in [2.05, 4.69) is 32.6 Å². The van der Waals surface area contributed by atoms with E-state index in [1.807, 2.05) is 6.07 Å². The average molecular weight is 319 g/mol. The van der Waals surface area contributed by atoms with Crippen molar-refractivity contribution in [3.8, 4) is 0 Å². The van der Waals surface area contributed by atoms with E-state index >= 15 is 0 Å². The van der Waals surface area contributed by atoms with Gasteiger partial charge in [0, 0.05) is 18.0 Å². The predicted octanol–water partition coefficient (Wildman–Crippen LogP) is 0.892. The van der Waals surface area contributed by atoms with Crippen LogP contribution < -0.4 is 10.6 Å². The maximum atomic E-state index is 11.7. The normalized spacial score (nSPS) is 23.9. The van der Waals surface area contributed by atoms with Gasteiger partial charge in [-0.25, -0.2) is 0 Å². The summed E-state index contributed by atoms with van der Waals surface area (Å²) in [5.41, 5.74) is 0. The minimum absolute atomic E-state index is 0.0165. The number of carbonyl (C=O) groups excluding carboxylic acids is 1. The first-order valence-corrected chi connectivity index (χ1v) is 7.19. The lowest BCUT2D eigenvalue weighted by Crippen LogP contribution is -2.41. The zero-order valence-electron chi connectivity index (χ0n) is 9.28. The average Bonchev–Trinajstić information content (AvgIpc) is 2.88. The molecule has 94 valence electrons. The number of nitrogens with one attached hydrogen (secondary N) is 2. The van der Waals surface area contributed by atoms with Gasteiger partial charge in [0.2, 0.25) is 5.91 Å².